The minimum atomic E-state index is -3.80. The number of ketones is 1. The molecule has 4 nitrogen and oxygen atoms in total. The molecule has 0 aromatic heterocycles. The lowest BCUT2D eigenvalue weighted by Crippen LogP contribution is -2.07. The van der Waals surface area contributed by atoms with Crippen molar-refractivity contribution < 1.29 is 18.8 Å². The summed E-state index contributed by atoms with van der Waals surface area (Å²) in [4.78, 5) is 21.0. The van der Waals surface area contributed by atoms with Crippen molar-refractivity contribution in [3.8, 4) is 0 Å². The van der Waals surface area contributed by atoms with Gasteiger partial charge < -0.3 is 9.42 Å². The van der Waals surface area contributed by atoms with Crippen molar-refractivity contribution in [2.45, 2.75) is 25.9 Å². The molecule has 0 bridgehead atoms. The number of hydrogen-bond acceptors (Lipinski definition) is 3. The molecule has 1 aromatic rings. The van der Waals surface area contributed by atoms with Crippen LogP contribution in [-0.4, -0.2) is 17.3 Å². The summed E-state index contributed by atoms with van der Waals surface area (Å²) in [6, 6.07) is 8.82. The smallest absolute Gasteiger partial charge is 0.324 e. The SMILES string of the molecule is CCOP(=O)(O)C(CC(C)=O)c1ccccc1. The third-order valence-corrected chi connectivity index (χ3v) is 4.27. The van der Waals surface area contributed by atoms with E-state index in [1.54, 1.807) is 31.2 Å². The van der Waals surface area contributed by atoms with Crippen molar-refractivity contribution >= 4 is 13.4 Å². The molecule has 0 saturated carbocycles. The first-order valence-corrected chi connectivity index (χ1v) is 7.13. The molecule has 0 heterocycles. The van der Waals surface area contributed by atoms with Gasteiger partial charge in [0.2, 0.25) is 0 Å². The van der Waals surface area contributed by atoms with Crippen LogP contribution in [0, 0.1) is 0 Å². The molecule has 0 radical (unpaired) electrons. The molecule has 2 unspecified atom stereocenters. The summed E-state index contributed by atoms with van der Waals surface area (Å²) < 4.78 is 16.9. The van der Waals surface area contributed by atoms with E-state index in [0.717, 1.165) is 0 Å². The lowest BCUT2D eigenvalue weighted by molar-refractivity contribution is -0.117. The Labute approximate surface area is 101 Å². The van der Waals surface area contributed by atoms with Gasteiger partial charge in [-0.2, -0.15) is 0 Å². The average Bonchev–Trinajstić information content (AvgIpc) is 2.26. The molecule has 94 valence electrons. The topological polar surface area (TPSA) is 63.6 Å². The van der Waals surface area contributed by atoms with Crippen LogP contribution in [0.4, 0.5) is 0 Å². The quantitative estimate of drug-likeness (QED) is 0.795. The summed E-state index contributed by atoms with van der Waals surface area (Å²) in [5.74, 6) is -0.132. The van der Waals surface area contributed by atoms with E-state index >= 15 is 0 Å². The van der Waals surface area contributed by atoms with E-state index in [-0.39, 0.29) is 18.8 Å². The molecule has 17 heavy (non-hydrogen) atoms. The molecule has 0 saturated heterocycles. The summed E-state index contributed by atoms with van der Waals surface area (Å²) in [6.07, 6.45) is 0.0117. The highest BCUT2D eigenvalue weighted by Crippen LogP contribution is 2.58. The molecule has 0 aliphatic carbocycles. The Morgan fingerprint density at radius 3 is 2.47 bits per heavy atom. The number of hydrogen-bond donors (Lipinski definition) is 1. The van der Waals surface area contributed by atoms with E-state index in [2.05, 4.69) is 0 Å². The molecular weight excluding hydrogens is 239 g/mol. The highest BCUT2D eigenvalue weighted by Gasteiger charge is 2.34. The standard InChI is InChI=1S/C12H17O4P/c1-3-16-17(14,15)12(9-10(2)13)11-7-5-4-6-8-11/h4-8,12H,3,9H2,1-2H3,(H,14,15). The summed E-state index contributed by atoms with van der Waals surface area (Å²) in [6.45, 7) is 3.20. The van der Waals surface area contributed by atoms with Gasteiger partial charge in [0.25, 0.3) is 0 Å². The van der Waals surface area contributed by atoms with Crippen LogP contribution in [0.15, 0.2) is 30.3 Å². The van der Waals surface area contributed by atoms with Crippen molar-refractivity contribution in [3.63, 3.8) is 0 Å². The van der Waals surface area contributed by atoms with Crippen LogP contribution in [0.3, 0.4) is 0 Å². The number of benzene rings is 1. The van der Waals surface area contributed by atoms with Gasteiger partial charge in [-0.3, -0.25) is 9.36 Å². The van der Waals surface area contributed by atoms with Gasteiger partial charge in [-0.15, -0.1) is 0 Å². The highest BCUT2D eigenvalue weighted by molar-refractivity contribution is 7.53. The molecule has 0 aliphatic heterocycles. The summed E-state index contributed by atoms with van der Waals surface area (Å²) in [7, 11) is -3.80. The fourth-order valence-corrected chi connectivity index (χ4v) is 3.23. The van der Waals surface area contributed by atoms with Crippen molar-refractivity contribution in [1.82, 2.24) is 0 Å². The predicted octanol–water partition coefficient (Wildman–Crippen LogP) is 2.93. The fraction of sp³-hybridized carbons (Fsp3) is 0.417. The molecule has 1 N–H and O–H groups in total. The van der Waals surface area contributed by atoms with Crippen molar-refractivity contribution in [1.29, 1.82) is 0 Å². The van der Waals surface area contributed by atoms with Gasteiger partial charge in [0.1, 0.15) is 5.78 Å². The number of Topliss-reactive ketones (excluding diaryl/α,β-unsaturated/α-hetero) is 1. The predicted molar refractivity (Wildman–Crippen MR) is 65.9 cm³/mol. The first-order chi connectivity index (χ1) is 7.97. The Hall–Kier alpha value is -0.960. The summed E-state index contributed by atoms with van der Waals surface area (Å²) in [5.41, 5.74) is -0.122. The van der Waals surface area contributed by atoms with Crippen LogP contribution in [0.1, 0.15) is 31.5 Å². The Morgan fingerprint density at radius 1 is 1.41 bits per heavy atom. The lowest BCUT2D eigenvalue weighted by atomic mass is 10.1. The maximum absolute atomic E-state index is 12.0. The van der Waals surface area contributed by atoms with E-state index < -0.39 is 13.3 Å². The lowest BCUT2D eigenvalue weighted by Gasteiger charge is -2.21. The second-order valence-electron chi connectivity index (χ2n) is 3.81. The number of rotatable bonds is 6. The Morgan fingerprint density at radius 2 is 2.00 bits per heavy atom. The molecule has 0 aliphatic rings. The highest BCUT2D eigenvalue weighted by atomic mass is 31.2. The molecule has 1 rings (SSSR count). The molecule has 0 amide bonds. The Balaban J connectivity index is 3.04. The second kappa shape index (κ2) is 6.10. The average molecular weight is 256 g/mol. The largest absolute Gasteiger partial charge is 0.335 e. The van der Waals surface area contributed by atoms with Crippen molar-refractivity contribution in [2.24, 2.45) is 0 Å². The summed E-state index contributed by atoms with van der Waals surface area (Å²) >= 11 is 0. The Kier molecular flexibility index (Phi) is 5.06. The molecular formula is C12H17O4P. The zero-order valence-electron chi connectivity index (χ0n) is 10.00. The molecule has 0 spiro atoms. The van der Waals surface area contributed by atoms with Gasteiger partial charge in [0.15, 0.2) is 0 Å². The maximum Gasteiger partial charge on any atom is 0.335 e. The van der Waals surface area contributed by atoms with Gasteiger partial charge in [-0.25, -0.2) is 0 Å². The normalized spacial score (nSPS) is 16.2. The molecule has 1 aromatic carbocycles. The molecule has 2 atom stereocenters. The van der Waals surface area contributed by atoms with Gasteiger partial charge in [-0.1, -0.05) is 30.3 Å². The maximum atomic E-state index is 12.0. The minimum Gasteiger partial charge on any atom is -0.324 e. The van der Waals surface area contributed by atoms with Crippen LogP contribution in [0.25, 0.3) is 0 Å². The van der Waals surface area contributed by atoms with Gasteiger partial charge in [0.05, 0.1) is 12.3 Å². The Bertz CT molecular complexity index is 416. The fourth-order valence-electron chi connectivity index (χ4n) is 1.64. The zero-order valence-corrected chi connectivity index (χ0v) is 10.9. The third kappa shape index (κ3) is 4.08. The van der Waals surface area contributed by atoms with E-state index in [1.807, 2.05) is 6.07 Å². The first kappa shape index (κ1) is 14.1. The third-order valence-electron chi connectivity index (χ3n) is 2.37. The van der Waals surface area contributed by atoms with Gasteiger partial charge in [-0.05, 0) is 19.4 Å². The van der Waals surface area contributed by atoms with E-state index in [0.29, 0.717) is 5.56 Å². The van der Waals surface area contributed by atoms with Crippen molar-refractivity contribution in [2.75, 3.05) is 6.61 Å². The van der Waals surface area contributed by atoms with Gasteiger partial charge in [0, 0.05) is 6.42 Å². The van der Waals surface area contributed by atoms with E-state index in [1.165, 1.54) is 6.92 Å². The number of carbonyl (C=O) groups excluding carboxylic acids is 1. The summed E-state index contributed by atoms with van der Waals surface area (Å²) in [5, 5.41) is 0. The molecule has 0 fully saturated rings. The van der Waals surface area contributed by atoms with Crippen LogP contribution < -0.4 is 0 Å². The van der Waals surface area contributed by atoms with E-state index in [4.69, 9.17) is 4.52 Å². The zero-order chi connectivity index (χ0) is 12.9. The minimum absolute atomic E-state index is 0.0117. The van der Waals surface area contributed by atoms with Gasteiger partial charge >= 0.3 is 7.60 Å². The monoisotopic (exact) mass is 256 g/mol. The van der Waals surface area contributed by atoms with Crippen LogP contribution >= 0.6 is 7.60 Å². The van der Waals surface area contributed by atoms with Crippen molar-refractivity contribution in [3.05, 3.63) is 35.9 Å². The second-order valence-corrected chi connectivity index (χ2v) is 5.82. The van der Waals surface area contributed by atoms with Crippen LogP contribution in [0.5, 0.6) is 0 Å². The van der Waals surface area contributed by atoms with Crippen LogP contribution in [-0.2, 0) is 13.9 Å². The van der Waals surface area contributed by atoms with Crippen LogP contribution in [0.2, 0.25) is 0 Å². The molecule has 5 heteroatoms. The number of carbonyl (C=O) groups is 1. The van der Waals surface area contributed by atoms with E-state index in [9.17, 15) is 14.3 Å². The first-order valence-electron chi connectivity index (χ1n) is 5.48.